The zero-order chi connectivity index (χ0) is 18.9. The Morgan fingerprint density at radius 1 is 1.12 bits per heavy atom. The van der Waals surface area contributed by atoms with Crippen LogP contribution in [-0.4, -0.2) is 23.8 Å². The lowest BCUT2D eigenvalue weighted by molar-refractivity contribution is -0.130. The van der Waals surface area contributed by atoms with Crippen molar-refractivity contribution in [2.75, 3.05) is 7.05 Å². The summed E-state index contributed by atoms with van der Waals surface area (Å²) in [5.41, 5.74) is 7.34. The summed E-state index contributed by atoms with van der Waals surface area (Å²) in [5, 5.41) is 18.4. The fourth-order valence-corrected chi connectivity index (χ4v) is 3.31. The smallest absolute Gasteiger partial charge is 0.239 e. The van der Waals surface area contributed by atoms with Crippen molar-refractivity contribution in [2.45, 2.75) is 18.4 Å². The lowest BCUT2D eigenvalue weighted by Gasteiger charge is -2.41. The second kappa shape index (κ2) is 6.34. The van der Waals surface area contributed by atoms with Crippen molar-refractivity contribution in [1.82, 2.24) is 4.90 Å². The van der Waals surface area contributed by atoms with Crippen molar-refractivity contribution in [3.05, 3.63) is 70.8 Å². The third-order valence-electron chi connectivity index (χ3n) is 4.76. The highest BCUT2D eigenvalue weighted by Gasteiger charge is 2.47. The van der Waals surface area contributed by atoms with Gasteiger partial charge in [0.2, 0.25) is 5.91 Å². The minimum absolute atomic E-state index is 0.118. The molecule has 1 aliphatic rings. The number of nitriles is 2. The van der Waals surface area contributed by atoms with Crippen LogP contribution in [0, 0.1) is 22.7 Å². The Balaban J connectivity index is 2.26. The molecular formula is C20H17N5O. The van der Waals surface area contributed by atoms with Crippen LogP contribution in [-0.2, 0) is 10.3 Å². The summed E-state index contributed by atoms with van der Waals surface area (Å²) in [7, 11) is 1.58. The van der Waals surface area contributed by atoms with E-state index < -0.39 is 11.5 Å². The second-order valence-electron chi connectivity index (χ2n) is 6.38. The number of hydrogen-bond donors (Lipinski definition) is 1. The number of benzene rings is 2. The lowest BCUT2D eigenvalue weighted by atomic mass is 9.74. The highest BCUT2D eigenvalue weighted by atomic mass is 16.2. The molecule has 128 valence electrons. The molecule has 0 aliphatic carbocycles. The minimum Gasteiger partial charge on any atom is -0.369 e. The maximum absolute atomic E-state index is 13.1. The van der Waals surface area contributed by atoms with E-state index in [-0.39, 0.29) is 11.9 Å². The normalized spacial score (nSPS) is 22.3. The molecule has 6 nitrogen and oxygen atoms in total. The van der Waals surface area contributed by atoms with Crippen molar-refractivity contribution in [2.24, 2.45) is 10.7 Å². The van der Waals surface area contributed by atoms with E-state index in [9.17, 15) is 15.3 Å². The van der Waals surface area contributed by atoms with Crippen LogP contribution in [0.2, 0.25) is 0 Å². The summed E-state index contributed by atoms with van der Waals surface area (Å²) in [4.78, 5) is 19.0. The standard InChI is InChI=1S/C20H17N5O/c1-20(16-8-4-6-14(10-16)12-22)17(18(26)25(2)19(23)24-20)15-7-3-5-13(9-15)11-21/h3-10,17H,1-2H3,(H2,23,24). The molecule has 0 saturated carbocycles. The summed E-state index contributed by atoms with van der Waals surface area (Å²) in [6, 6.07) is 18.1. The van der Waals surface area contributed by atoms with E-state index in [0.717, 1.165) is 0 Å². The molecule has 1 heterocycles. The van der Waals surface area contributed by atoms with Gasteiger partial charge in [-0.2, -0.15) is 10.5 Å². The highest BCUT2D eigenvalue weighted by Crippen LogP contribution is 2.44. The van der Waals surface area contributed by atoms with Gasteiger partial charge in [0, 0.05) is 7.05 Å². The Hall–Kier alpha value is -3.64. The summed E-state index contributed by atoms with van der Waals surface area (Å²) in [5.74, 6) is -0.757. The first-order chi connectivity index (χ1) is 12.4. The summed E-state index contributed by atoms with van der Waals surface area (Å²) < 4.78 is 0. The number of guanidine groups is 1. The van der Waals surface area contributed by atoms with Crippen LogP contribution < -0.4 is 5.73 Å². The van der Waals surface area contributed by atoms with Gasteiger partial charge in [0.1, 0.15) is 5.54 Å². The SMILES string of the molecule is CN1C(=O)C(c2cccc(C#N)c2)C(C)(c2cccc(C#N)c2)N=C1N. The second-order valence-corrected chi connectivity index (χ2v) is 6.38. The van der Waals surface area contributed by atoms with Gasteiger partial charge in [-0.3, -0.25) is 9.69 Å². The highest BCUT2D eigenvalue weighted by molar-refractivity contribution is 6.02. The number of nitrogens with two attached hydrogens (primary N) is 1. The van der Waals surface area contributed by atoms with Crippen LogP contribution >= 0.6 is 0 Å². The zero-order valence-corrected chi connectivity index (χ0v) is 14.5. The van der Waals surface area contributed by atoms with Crippen LogP contribution in [0.15, 0.2) is 53.5 Å². The Kier molecular flexibility index (Phi) is 4.19. The number of nitrogens with zero attached hydrogens (tertiary/aromatic N) is 4. The van der Waals surface area contributed by atoms with Crippen LogP contribution in [0.3, 0.4) is 0 Å². The first-order valence-corrected chi connectivity index (χ1v) is 8.04. The van der Waals surface area contributed by atoms with Gasteiger partial charge >= 0.3 is 0 Å². The minimum atomic E-state index is -0.991. The van der Waals surface area contributed by atoms with Crippen LogP contribution in [0.5, 0.6) is 0 Å². The van der Waals surface area contributed by atoms with Crippen molar-refractivity contribution < 1.29 is 4.79 Å². The molecular weight excluding hydrogens is 326 g/mol. The van der Waals surface area contributed by atoms with Crippen molar-refractivity contribution in [1.29, 1.82) is 10.5 Å². The fraction of sp³-hybridized carbons (Fsp3) is 0.200. The summed E-state index contributed by atoms with van der Waals surface area (Å²) in [6.45, 7) is 1.82. The topological polar surface area (TPSA) is 106 Å². The quantitative estimate of drug-likeness (QED) is 0.902. The fourth-order valence-electron chi connectivity index (χ4n) is 3.31. The van der Waals surface area contributed by atoms with Gasteiger partial charge in [-0.15, -0.1) is 0 Å². The van der Waals surface area contributed by atoms with E-state index in [0.29, 0.717) is 22.3 Å². The molecule has 2 N–H and O–H groups in total. The predicted octanol–water partition coefficient (Wildman–Crippen LogP) is 2.22. The molecule has 2 unspecified atom stereocenters. The van der Waals surface area contributed by atoms with E-state index in [4.69, 9.17) is 5.73 Å². The molecule has 0 bridgehead atoms. The average Bonchev–Trinajstić information content (AvgIpc) is 2.66. The van der Waals surface area contributed by atoms with Crippen LogP contribution in [0.1, 0.15) is 35.1 Å². The van der Waals surface area contributed by atoms with E-state index in [1.165, 1.54) is 4.90 Å². The molecule has 2 atom stereocenters. The third kappa shape index (κ3) is 2.68. The molecule has 0 radical (unpaired) electrons. The number of carbonyl (C=O) groups excluding carboxylic acids is 1. The largest absolute Gasteiger partial charge is 0.369 e. The van der Waals surface area contributed by atoms with Crippen molar-refractivity contribution in [3.8, 4) is 12.1 Å². The molecule has 0 spiro atoms. The van der Waals surface area contributed by atoms with E-state index >= 15 is 0 Å². The van der Waals surface area contributed by atoms with Gasteiger partial charge in [0.05, 0.1) is 29.2 Å². The molecule has 6 heteroatoms. The maximum atomic E-state index is 13.1. The molecule has 26 heavy (non-hydrogen) atoms. The Morgan fingerprint density at radius 2 is 1.73 bits per heavy atom. The average molecular weight is 343 g/mol. The number of carbonyl (C=O) groups is 1. The molecule has 0 saturated heterocycles. The van der Waals surface area contributed by atoms with Crippen LogP contribution in [0.25, 0.3) is 0 Å². The molecule has 2 aromatic rings. The molecule has 0 fully saturated rings. The molecule has 1 amide bonds. The number of likely N-dealkylation sites (N-methyl/N-ethyl adjacent to an activating group) is 1. The number of amides is 1. The predicted molar refractivity (Wildman–Crippen MR) is 96.8 cm³/mol. The summed E-state index contributed by atoms with van der Waals surface area (Å²) >= 11 is 0. The van der Waals surface area contributed by atoms with Crippen molar-refractivity contribution in [3.63, 3.8) is 0 Å². The van der Waals surface area contributed by atoms with Gasteiger partial charge in [-0.05, 0) is 42.3 Å². The molecule has 2 aromatic carbocycles. The molecule has 0 aromatic heterocycles. The Morgan fingerprint density at radius 3 is 2.38 bits per heavy atom. The zero-order valence-electron chi connectivity index (χ0n) is 14.5. The van der Waals surface area contributed by atoms with Gasteiger partial charge < -0.3 is 5.73 Å². The summed E-state index contributed by atoms with van der Waals surface area (Å²) in [6.07, 6.45) is 0. The molecule has 3 rings (SSSR count). The first-order valence-electron chi connectivity index (χ1n) is 8.04. The van der Waals surface area contributed by atoms with E-state index in [1.807, 2.05) is 13.0 Å². The Bertz CT molecular complexity index is 998. The van der Waals surface area contributed by atoms with Gasteiger partial charge in [0.15, 0.2) is 5.96 Å². The number of aliphatic imine (C=N–C) groups is 1. The van der Waals surface area contributed by atoms with Crippen LogP contribution in [0.4, 0.5) is 0 Å². The number of hydrogen-bond acceptors (Lipinski definition) is 5. The lowest BCUT2D eigenvalue weighted by Crippen LogP contribution is -2.52. The van der Waals surface area contributed by atoms with E-state index in [1.54, 1.807) is 49.5 Å². The Labute approximate surface area is 151 Å². The van der Waals surface area contributed by atoms with Gasteiger partial charge in [0.25, 0.3) is 0 Å². The van der Waals surface area contributed by atoms with Crippen molar-refractivity contribution >= 4 is 11.9 Å². The molecule has 1 aliphatic heterocycles. The number of rotatable bonds is 2. The maximum Gasteiger partial charge on any atom is 0.239 e. The first kappa shape index (κ1) is 17.2. The van der Waals surface area contributed by atoms with Gasteiger partial charge in [-0.1, -0.05) is 24.3 Å². The third-order valence-corrected chi connectivity index (χ3v) is 4.76. The van der Waals surface area contributed by atoms with Gasteiger partial charge in [-0.25, -0.2) is 4.99 Å². The monoisotopic (exact) mass is 343 g/mol. The van der Waals surface area contributed by atoms with E-state index in [2.05, 4.69) is 17.1 Å².